The highest BCUT2D eigenvalue weighted by Gasteiger charge is 2.21. The van der Waals surface area contributed by atoms with Gasteiger partial charge in [0.2, 0.25) is 11.8 Å². The molecule has 0 aromatic heterocycles. The molecule has 0 aliphatic carbocycles. The van der Waals surface area contributed by atoms with E-state index >= 15 is 0 Å². The minimum absolute atomic E-state index is 0.0115. The summed E-state index contributed by atoms with van der Waals surface area (Å²) in [6.45, 7) is 6.66. The quantitative estimate of drug-likeness (QED) is 0.657. The lowest BCUT2D eigenvalue weighted by Crippen LogP contribution is -2.41. The van der Waals surface area contributed by atoms with Gasteiger partial charge in [0, 0.05) is 25.6 Å². The molecule has 0 saturated carbocycles. The van der Waals surface area contributed by atoms with E-state index in [1.165, 1.54) is 6.08 Å². The van der Waals surface area contributed by atoms with Gasteiger partial charge in [-0.2, -0.15) is 0 Å². The molecule has 4 heteroatoms. The molecule has 1 aliphatic rings. The van der Waals surface area contributed by atoms with Crippen molar-refractivity contribution in [3.05, 3.63) is 12.7 Å². The van der Waals surface area contributed by atoms with Gasteiger partial charge in [0.1, 0.15) is 0 Å². The van der Waals surface area contributed by atoms with Crippen LogP contribution in [0.25, 0.3) is 0 Å². The maximum absolute atomic E-state index is 11.3. The second-order valence-electron chi connectivity index (χ2n) is 3.56. The first-order chi connectivity index (χ1) is 6.63. The largest absolute Gasteiger partial charge is 0.348 e. The third-order valence-electron chi connectivity index (χ3n) is 2.24. The third kappa shape index (κ3) is 2.87. The molecule has 14 heavy (non-hydrogen) atoms. The van der Waals surface area contributed by atoms with Gasteiger partial charge in [0.15, 0.2) is 0 Å². The van der Waals surface area contributed by atoms with Gasteiger partial charge in [-0.25, -0.2) is 0 Å². The first-order valence-corrected chi connectivity index (χ1v) is 4.84. The molecule has 0 spiro atoms. The molecule has 0 bridgehead atoms. The minimum Gasteiger partial charge on any atom is -0.348 e. The number of nitrogens with one attached hydrogen (secondary N) is 1. The van der Waals surface area contributed by atoms with Crippen molar-refractivity contribution in [1.29, 1.82) is 0 Å². The fourth-order valence-electron chi connectivity index (χ4n) is 1.58. The summed E-state index contributed by atoms with van der Waals surface area (Å²) >= 11 is 0. The Morgan fingerprint density at radius 2 is 2.50 bits per heavy atom. The summed E-state index contributed by atoms with van der Waals surface area (Å²) in [6.07, 6.45) is 2.81. The molecular formula is C10H16N2O2. The second kappa shape index (κ2) is 4.79. The van der Waals surface area contributed by atoms with Crippen molar-refractivity contribution >= 4 is 11.8 Å². The Labute approximate surface area is 84.0 Å². The van der Waals surface area contributed by atoms with Crippen molar-refractivity contribution in [3.8, 4) is 0 Å². The Bertz CT molecular complexity index is 251. The van der Waals surface area contributed by atoms with Crippen LogP contribution in [0.15, 0.2) is 12.7 Å². The number of nitrogens with zero attached hydrogens (tertiary/aromatic N) is 1. The van der Waals surface area contributed by atoms with Crippen LogP contribution in [0.3, 0.4) is 0 Å². The maximum Gasteiger partial charge on any atom is 0.243 e. The zero-order chi connectivity index (χ0) is 10.6. The summed E-state index contributed by atoms with van der Waals surface area (Å²) in [5, 5.41) is 2.73. The van der Waals surface area contributed by atoms with Crippen molar-refractivity contribution in [2.45, 2.75) is 25.8 Å². The van der Waals surface area contributed by atoms with Gasteiger partial charge < -0.3 is 10.2 Å². The molecule has 0 aromatic carbocycles. The van der Waals surface area contributed by atoms with Crippen molar-refractivity contribution in [3.63, 3.8) is 0 Å². The van der Waals surface area contributed by atoms with Gasteiger partial charge in [-0.15, -0.1) is 0 Å². The van der Waals surface area contributed by atoms with Crippen molar-refractivity contribution in [2.24, 2.45) is 0 Å². The highest BCUT2D eigenvalue weighted by atomic mass is 16.2. The van der Waals surface area contributed by atoms with Crippen LogP contribution in [0, 0.1) is 0 Å². The summed E-state index contributed by atoms with van der Waals surface area (Å²) in [4.78, 5) is 24.0. The van der Waals surface area contributed by atoms with Gasteiger partial charge in [0.25, 0.3) is 0 Å². The molecule has 1 rings (SSSR count). The van der Waals surface area contributed by atoms with Crippen molar-refractivity contribution < 1.29 is 9.59 Å². The number of amides is 2. The number of hydrogen-bond donors (Lipinski definition) is 1. The predicted octanol–water partition coefficient (Wildman–Crippen LogP) is 0.299. The van der Waals surface area contributed by atoms with Gasteiger partial charge in [-0.1, -0.05) is 6.58 Å². The van der Waals surface area contributed by atoms with Crippen LogP contribution in [-0.4, -0.2) is 35.8 Å². The Balaban J connectivity index is 2.32. The summed E-state index contributed by atoms with van der Waals surface area (Å²) in [7, 11) is 0. The van der Waals surface area contributed by atoms with E-state index < -0.39 is 0 Å². The van der Waals surface area contributed by atoms with Gasteiger partial charge in [-0.3, -0.25) is 9.59 Å². The Morgan fingerprint density at radius 3 is 3.00 bits per heavy atom. The van der Waals surface area contributed by atoms with E-state index in [9.17, 15) is 9.59 Å². The topological polar surface area (TPSA) is 49.4 Å². The molecule has 2 amide bonds. The normalized spacial score (nSPS) is 18.1. The zero-order valence-corrected chi connectivity index (χ0v) is 8.45. The lowest BCUT2D eigenvalue weighted by molar-refractivity contribution is -0.128. The van der Waals surface area contributed by atoms with E-state index in [-0.39, 0.29) is 17.9 Å². The summed E-state index contributed by atoms with van der Waals surface area (Å²) in [5.41, 5.74) is 0. The van der Waals surface area contributed by atoms with Crippen molar-refractivity contribution in [2.75, 3.05) is 13.1 Å². The zero-order valence-electron chi connectivity index (χ0n) is 8.45. The van der Waals surface area contributed by atoms with Crippen LogP contribution in [-0.2, 0) is 9.59 Å². The Hall–Kier alpha value is -1.32. The van der Waals surface area contributed by atoms with E-state index in [1.54, 1.807) is 4.90 Å². The maximum atomic E-state index is 11.3. The number of carbonyl (C=O) groups is 2. The van der Waals surface area contributed by atoms with E-state index in [0.29, 0.717) is 13.0 Å². The van der Waals surface area contributed by atoms with Crippen LogP contribution in [0.2, 0.25) is 0 Å². The Kier molecular flexibility index (Phi) is 3.68. The van der Waals surface area contributed by atoms with E-state index in [1.807, 2.05) is 6.92 Å². The minimum atomic E-state index is -0.191. The van der Waals surface area contributed by atoms with E-state index in [2.05, 4.69) is 11.9 Å². The summed E-state index contributed by atoms with van der Waals surface area (Å²) in [6, 6.07) is -0.0115. The third-order valence-corrected chi connectivity index (χ3v) is 2.24. The number of rotatable bonds is 4. The number of likely N-dealkylation sites (tertiary alicyclic amines) is 1. The second-order valence-corrected chi connectivity index (χ2v) is 3.56. The fraction of sp³-hybridized carbons (Fsp3) is 0.600. The highest BCUT2D eigenvalue weighted by Crippen LogP contribution is 2.09. The van der Waals surface area contributed by atoms with Gasteiger partial charge in [-0.05, 0) is 19.4 Å². The van der Waals surface area contributed by atoms with Crippen LogP contribution in [0.5, 0.6) is 0 Å². The summed E-state index contributed by atoms with van der Waals surface area (Å²) in [5.74, 6) is -0.00570. The predicted molar refractivity (Wildman–Crippen MR) is 53.6 cm³/mol. The number of carbonyl (C=O) groups excluding carboxylic acids is 2. The monoisotopic (exact) mass is 196 g/mol. The first-order valence-electron chi connectivity index (χ1n) is 4.84. The lowest BCUT2D eigenvalue weighted by atomic mass is 10.3. The van der Waals surface area contributed by atoms with E-state index in [4.69, 9.17) is 0 Å². The van der Waals surface area contributed by atoms with Crippen LogP contribution < -0.4 is 5.32 Å². The van der Waals surface area contributed by atoms with Gasteiger partial charge in [0.05, 0.1) is 0 Å². The molecule has 0 radical (unpaired) electrons. The van der Waals surface area contributed by atoms with Gasteiger partial charge >= 0.3 is 0 Å². The molecule has 1 saturated heterocycles. The molecule has 1 N–H and O–H groups in total. The lowest BCUT2D eigenvalue weighted by Gasteiger charge is -2.20. The van der Waals surface area contributed by atoms with E-state index in [0.717, 1.165) is 13.0 Å². The van der Waals surface area contributed by atoms with Crippen LogP contribution >= 0.6 is 0 Å². The first kappa shape index (κ1) is 10.8. The molecule has 1 heterocycles. The molecule has 1 atom stereocenters. The molecule has 1 aliphatic heterocycles. The highest BCUT2D eigenvalue weighted by molar-refractivity contribution is 5.87. The molecule has 0 aromatic rings. The fourth-order valence-corrected chi connectivity index (χ4v) is 1.58. The van der Waals surface area contributed by atoms with Crippen LogP contribution in [0.4, 0.5) is 0 Å². The van der Waals surface area contributed by atoms with Crippen molar-refractivity contribution in [1.82, 2.24) is 10.2 Å². The standard InChI is InChI=1S/C10H16N2O2/c1-3-9(13)11-8(2)7-12-6-4-5-10(12)14/h3,8H,1,4-7H2,2H3,(H,11,13). The summed E-state index contributed by atoms with van der Waals surface area (Å²) < 4.78 is 0. The average Bonchev–Trinajstić information content (AvgIpc) is 2.51. The number of hydrogen-bond acceptors (Lipinski definition) is 2. The smallest absolute Gasteiger partial charge is 0.243 e. The van der Waals surface area contributed by atoms with Crippen LogP contribution in [0.1, 0.15) is 19.8 Å². The SMILES string of the molecule is C=CC(=O)NC(C)CN1CCCC1=O. The Morgan fingerprint density at radius 1 is 1.79 bits per heavy atom. The molecule has 4 nitrogen and oxygen atoms in total. The molecule has 78 valence electrons. The average molecular weight is 196 g/mol. The molecule has 1 unspecified atom stereocenters. The molecular weight excluding hydrogens is 180 g/mol. The molecule has 1 fully saturated rings.